The van der Waals surface area contributed by atoms with Crippen molar-refractivity contribution in [2.75, 3.05) is 0 Å². The normalized spacial score (nSPS) is 11.7. The SMILES string of the molecule is Cn1nc2ccccc2n1.O=C1c2cccc1c2O. The molecule has 5 nitrogen and oxygen atoms in total. The van der Waals surface area contributed by atoms with Crippen LogP contribution in [0.3, 0.4) is 0 Å². The fourth-order valence-corrected chi connectivity index (χ4v) is 1.96. The van der Waals surface area contributed by atoms with Crippen LogP contribution in [-0.2, 0) is 7.05 Å². The van der Waals surface area contributed by atoms with Crippen LogP contribution in [0.4, 0.5) is 0 Å². The number of fused-ring (bicyclic) bond motifs is 3. The second-order valence-electron chi connectivity index (χ2n) is 4.21. The number of phenols is 1. The summed E-state index contributed by atoms with van der Waals surface area (Å²) in [6.07, 6.45) is 0. The van der Waals surface area contributed by atoms with Gasteiger partial charge in [0.25, 0.3) is 0 Å². The zero-order chi connectivity index (χ0) is 13.4. The Kier molecular flexibility index (Phi) is 2.52. The fourth-order valence-electron chi connectivity index (χ4n) is 1.96. The number of phenolic OH excluding ortho intramolecular Hbond substituents is 1. The number of aryl methyl sites for hydroxylation is 1. The Hall–Kier alpha value is -2.69. The van der Waals surface area contributed by atoms with E-state index in [1.807, 2.05) is 31.3 Å². The second-order valence-corrected chi connectivity index (χ2v) is 4.21. The Morgan fingerprint density at radius 2 is 1.47 bits per heavy atom. The van der Waals surface area contributed by atoms with Crippen LogP contribution in [0.5, 0.6) is 5.75 Å². The molecule has 2 aromatic carbocycles. The van der Waals surface area contributed by atoms with E-state index < -0.39 is 0 Å². The van der Waals surface area contributed by atoms with Crippen molar-refractivity contribution in [2.24, 2.45) is 7.05 Å². The van der Waals surface area contributed by atoms with E-state index in [1.54, 1.807) is 23.0 Å². The number of carbonyl (C=O) groups excluding carboxylic acids is 1. The molecule has 0 aliphatic heterocycles. The molecule has 0 atom stereocenters. The van der Waals surface area contributed by atoms with Gasteiger partial charge in [-0.05, 0) is 24.3 Å². The lowest BCUT2D eigenvalue weighted by molar-refractivity contribution is 0.101. The van der Waals surface area contributed by atoms with Gasteiger partial charge in [0.05, 0.1) is 11.1 Å². The number of aromatic hydroxyl groups is 1. The zero-order valence-electron chi connectivity index (χ0n) is 10.2. The summed E-state index contributed by atoms with van der Waals surface area (Å²) in [6, 6.07) is 12.8. The predicted octanol–water partition coefficient (Wildman–Crippen LogP) is 1.90. The molecule has 1 N–H and O–H groups in total. The summed E-state index contributed by atoms with van der Waals surface area (Å²) in [5.74, 6) is 0.123. The van der Waals surface area contributed by atoms with Crippen molar-refractivity contribution in [3.05, 3.63) is 53.6 Å². The molecule has 19 heavy (non-hydrogen) atoms. The summed E-state index contributed by atoms with van der Waals surface area (Å²) in [5, 5.41) is 17.2. The molecule has 1 aromatic heterocycles. The Morgan fingerprint density at radius 1 is 0.947 bits per heavy atom. The summed E-state index contributed by atoms with van der Waals surface area (Å²) in [4.78, 5) is 12.3. The topological polar surface area (TPSA) is 68.0 Å². The van der Waals surface area contributed by atoms with Gasteiger partial charge in [-0.3, -0.25) is 4.79 Å². The first-order valence-corrected chi connectivity index (χ1v) is 5.79. The van der Waals surface area contributed by atoms with E-state index in [4.69, 9.17) is 5.11 Å². The average Bonchev–Trinajstić information content (AvgIpc) is 2.81. The molecule has 0 radical (unpaired) electrons. The third kappa shape index (κ3) is 1.85. The molecule has 3 aromatic rings. The highest BCUT2D eigenvalue weighted by Gasteiger charge is 2.27. The molecule has 0 fully saturated rings. The fraction of sp³-hybridized carbons (Fsp3) is 0.0714. The Morgan fingerprint density at radius 3 is 1.84 bits per heavy atom. The minimum absolute atomic E-state index is 0.0324. The van der Waals surface area contributed by atoms with Gasteiger partial charge in [-0.2, -0.15) is 15.0 Å². The van der Waals surface area contributed by atoms with Gasteiger partial charge in [-0.25, -0.2) is 0 Å². The number of hydrogen-bond acceptors (Lipinski definition) is 4. The summed E-state index contributed by atoms with van der Waals surface area (Å²) in [7, 11) is 1.82. The van der Waals surface area contributed by atoms with Crippen molar-refractivity contribution in [3.63, 3.8) is 0 Å². The molecular formula is C14H11N3O2. The van der Waals surface area contributed by atoms with Crippen molar-refractivity contribution >= 4 is 16.8 Å². The van der Waals surface area contributed by atoms with Crippen LogP contribution in [0.25, 0.3) is 11.0 Å². The molecule has 5 heteroatoms. The van der Waals surface area contributed by atoms with E-state index in [0.29, 0.717) is 11.1 Å². The highest BCUT2D eigenvalue weighted by Crippen LogP contribution is 2.34. The lowest BCUT2D eigenvalue weighted by Crippen LogP contribution is -2.12. The van der Waals surface area contributed by atoms with Gasteiger partial charge in [0.2, 0.25) is 5.78 Å². The van der Waals surface area contributed by atoms with E-state index in [1.165, 1.54) is 0 Å². The van der Waals surface area contributed by atoms with Crippen molar-refractivity contribution < 1.29 is 9.90 Å². The van der Waals surface area contributed by atoms with Gasteiger partial charge < -0.3 is 5.11 Å². The first-order valence-electron chi connectivity index (χ1n) is 5.79. The van der Waals surface area contributed by atoms with Crippen molar-refractivity contribution in [3.8, 4) is 5.75 Å². The Balaban J connectivity index is 0.000000117. The van der Waals surface area contributed by atoms with Gasteiger partial charge in [-0.15, -0.1) is 0 Å². The number of carbonyl (C=O) groups is 1. The summed E-state index contributed by atoms with van der Waals surface area (Å²) in [6.45, 7) is 0. The molecule has 2 aliphatic rings. The molecule has 5 rings (SSSR count). The Labute approximate surface area is 109 Å². The summed E-state index contributed by atoms with van der Waals surface area (Å²) >= 11 is 0. The monoisotopic (exact) mass is 253 g/mol. The number of hydrogen-bond donors (Lipinski definition) is 1. The summed E-state index contributed by atoms with van der Waals surface area (Å²) in [5.41, 5.74) is 2.80. The molecular weight excluding hydrogens is 242 g/mol. The summed E-state index contributed by atoms with van der Waals surface area (Å²) < 4.78 is 0. The number of nitrogens with zero attached hydrogens (tertiary/aromatic N) is 3. The van der Waals surface area contributed by atoms with Gasteiger partial charge in [0, 0.05) is 7.05 Å². The number of ketones is 1. The predicted molar refractivity (Wildman–Crippen MR) is 70.0 cm³/mol. The van der Waals surface area contributed by atoms with E-state index in [0.717, 1.165) is 11.0 Å². The highest BCUT2D eigenvalue weighted by molar-refractivity contribution is 6.21. The molecule has 1 heterocycles. The van der Waals surface area contributed by atoms with E-state index in [9.17, 15) is 4.79 Å². The Bertz CT molecular complexity index is 720. The average molecular weight is 253 g/mol. The van der Waals surface area contributed by atoms with Crippen LogP contribution in [0.15, 0.2) is 42.5 Å². The minimum Gasteiger partial charge on any atom is -0.506 e. The van der Waals surface area contributed by atoms with Crippen molar-refractivity contribution in [2.45, 2.75) is 0 Å². The highest BCUT2D eigenvalue weighted by atomic mass is 16.3. The molecule has 0 saturated carbocycles. The number of benzene rings is 2. The third-order valence-electron chi connectivity index (χ3n) is 2.91. The first kappa shape index (κ1) is 11.4. The van der Waals surface area contributed by atoms with Crippen LogP contribution in [-0.4, -0.2) is 25.9 Å². The molecule has 0 spiro atoms. The van der Waals surface area contributed by atoms with E-state index in [2.05, 4.69) is 10.2 Å². The maximum Gasteiger partial charge on any atom is 0.200 e. The number of rotatable bonds is 0. The number of aromatic nitrogens is 3. The largest absolute Gasteiger partial charge is 0.506 e. The van der Waals surface area contributed by atoms with E-state index in [-0.39, 0.29) is 11.5 Å². The van der Waals surface area contributed by atoms with Crippen molar-refractivity contribution in [1.29, 1.82) is 0 Å². The maximum atomic E-state index is 10.7. The van der Waals surface area contributed by atoms with Crippen LogP contribution in [0.1, 0.15) is 15.9 Å². The van der Waals surface area contributed by atoms with Gasteiger partial charge in [0.15, 0.2) is 0 Å². The van der Waals surface area contributed by atoms with Crippen molar-refractivity contribution in [1.82, 2.24) is 15.0 Å². The van der Waals surface area contributed by atoms with Crippen LogP contribution >= 0.6 is 0 Å². The zero-order valence-corrected chi connectivity index (χ0v) is 10.2. The smallest absolute Gasteiger partial charge is 0.200 e. The molecule has 0 amide bonds. The second kappa shape index (κ2) is 4.20. The standard InChI is InChI=1S/C7H7N3.C7H4O2/c1-10-8-6-4-2-3-5-7(6)9-10;8-6-4-2-1-3-5(6)7(4)9/h2-5H,1H3;1-3,8H. The number of para-hydroxylation sites is 1. The lowest BCUT2D eigenvalue weighted by Gasteiger charge is -2.15. The van der Waals surface area contributed by atoms with E-state index >= 15 is 0 Å². The van der Waals surface area contributed by atoms with Crippen LogP contribution < -0.4 is 0 Å². The van der Waals surface area contributed by atoms with Crippen LogP contribution in [0.2, 0.25) is 0 Å². The molecule has 0 unspecified atom stereocenters. The van der Waals surface area contributed by atoms with Crippen LogP contribution in [0, 0.1) is 0 Å². The maximum absolute atomic E-state index is 10.7. The molecule has 94 valence electrons. The van der Waals surface area contributed by atoms with Gasteiger partial charge in [0.1, 0.15) is 16.8 Å². The molecule has 2 aliphatic carbocycles. The van der Waals surface area contributed by atoms with Gasteiger partial charge >= 0.3 is 0 Å². The first-order chi connectivity index (χ1) is 9.16. The quantitative estimate of drug-likeness (QED) is 0.519. The molecule has 0 saturated heterocycles. The lowest BCUT2D eigenvalue weighted by atomic mass is 9.90. The van der Waals surface area contributed by atoms with Gasteiger partial charge in [-0.1, -0.05) is 18.2 Å². The third-order valence-corrected chi connectivity index (χ3v) is 2.91. The minimum atomic E-state index is -0.0324. The molecule has 2 bridgehead atoms.